The minimum Gasteiger partial charge on any atom is -0.507 e. The Bertz CT molecular complexity index is 1410. The SMILES string of the molecule is O=c1cccc2n1C[C@@H]1C[C@H]2CN(Cc2c(O)ccc3c(Cc4ccccc4F)noc23)C1. The Morgan fingerprint density at radius 1 is 1.06 bits per heavy atom. The zero-order chi connectivity index (χ0) is 22.5. The Hall–Kier alpha value is -3.45. The molecular weight excluding hydrogens is 421 g/mol. The lowest BCUT2D eigenvalue weighted by Gasteiger charge is -2.42. The van der Waals surface area contributed by atoms with E-state index in [1.165, 1.54) is 6.07 Å². The molecule has 6 nitrogen and oxygen atoms in total. The summed E-state index contributed by atoms with van der Waals surface area (Å²) in [4.78, 5) is 14.6. The summed E-state index contributed by atoms with van der Waals surface area (Å²) in [6.45, 7) is 2.92. The molecule has 2 aliphatic heterocycles. The van der Waals surface area contributed by atoms with Gasteiger partial charge >= 0.3 is 0 Å². The molecule has 0 aliphatic carbocycles. The Morgan fingerprint density at radius 3 is 2.82 bits per heavy atom. The summed E-state index contributed by atoms with van der Waals surface area (Å²) in [5.41, 5.74) is 3.62. The second-order valence-corrected chi connectivity index (χ2v) is 9.23. The van der Waals surface area contributed by atoms with Crippen molar-refractivity contribution < 1.29 is 14.0 Å². The molecule has 1 fully saturated rings. The van der Waals surface area contributed by atoms with Gasteiger partial charge in [0.25, 0.3) is 5.56 Å². The molecule has 0 spiro atoms. The number of piperidine rings is 1. The molecule has 0 radical (unpaired) electrons. The normalized spacial score (nSPS) is 20.2. The molecule has 4 aromatic rings. The van der Waals surface area contributed by atoms with E-state index in [1.54, 1.807) is 36.4 Å². The first-order valence-corrected chi connectivity index (χ1v) is 11.3. The maximum absolute atomic E-state index is 14.2. The fourth-order valence-electron chi connectivity index (χ4n) is 5.55. The quantitative estimate of drug-likeness (QED) is 0.513. The number of hydrogen-bond acceptors (Lipinski definition) is 5. The largest absolute Gasteiger partial charge is 0.507 e. The van der Waals surface area contributed by atoms with Gasteiger partial charge in [-0.25, -0.2) is 4.39 Å². The molecule has 2 aromatic carbocycles. The molecule has 33 heavy (non-hydrogen) atoms. The van der Waals surface area contributed by atoms with Crippen molar-refractivity contribution in [2.75, 3.05) is 13.1 Å². The zero-order valence-electron chi connectivity index (χ0n) is 18.1. The molecular formula is C26H24FN3O3. The Balaban J connectivity index is 1.29. The summed E-state index contributed by atoms with van der Waals surface area (Å²) < 4.78 is 21.7. The molecule has 2 bridgehead atoms. The number of phenols is 1. The number of aromatic nitrogens is 2. The molecule has 1 saturated heterocycles. The summed E-state index contributed by atoms with van der Waals surface area (Å²) in [6.07, 6.45) is 1.40. The third-order valence-corrected chi connectivity index (χ3v) is 7.05. The molecule has 7 heteroatoms. The highest BCUT2D eigenvalue weighted by atomic mass is 19.1. The lowest BCUT2D eigenvalue weighted by Crippen LogP contribution is -2.46. The Kier molecular flexibility index (Phi) is 4.80. The maximum Gasteiger partial charge on any atom is 0.250 e. The van der Waals surface area contributed by atoms with Crippen LogP contribution in [0.15, 0.2) is 63.9 Å². The van der Waals surface area contributed by atoms with Crippen molar-refractivity contribution in [1.82, 2.24) is 14.6 Å². The smallest absolute Gasteiger partial charge is 0.250 e. The first-order chi connectivity index (χ1) is 16.1. The second-order valence-electron chi connectivity index (χ2n) is 9.23. The Labute approximate surface area is 189 Å². The summed E-state index contributed by atoms with van der Waals surface area (Å²) in [5.74, 6) is 0.582. The van der Waals surface area contributed by atoms with Crippen LogP contribution in [0.2, 0.25) is 0 Å². The number of benzene rings is 2. The summed E-state index contributed by atoms with van der Waals surface area (Å²) in [5, 5.41) is 15.7. The molecule has 2 aromatic heterocycles. The molecule has 2 aliphatic rings. The fourth-order valence-corrected chi connectivity index (χ4v) is 5.55. The van der Waals surface area contributed by atoms with Crippen LogP contribution in [0.5, 0.6) is 5.75 Å². The number of aromatic hydroxyl groups is 1. The maximum atomic E-state index is 14.2. The van der Waals surface area contributed by atoms with Crippen molar-refractivity contribution in [1.29, 1.82) is 0 Å². The average molecular weight is 445 g/mol. The van der Waals surface area contributed by atoms with Gasteiger partial charge in [-0.15, -0.1) is 0 Å². The van der Waals surface area contributed by atoms with Crippen molar-refractivity contribution in [3.63, 3.8) is 0 Å². The number of hydrogen-bond donors (Lipinski definition) is 1. The third kappa shape index (κ3) is 3.53. The van der Waals surface area contributed by atoms with Gasteiger partial charge in [-0.1, -0.05) is 29.4 Å². The van der Waals surface area contributed by atoms with Gasteiger partial charge in [0.05, 0.1) is 11.3 Å². The van der Waals surface area contributed by atoms with Gasteiger partial charge in [0, 0.05) is 55.7 Å². The van der Waals surface area contributed by atoms with Crippen LogP contribution < -0.4 is 5.56 Å². The topological polar surface area (TPSA) is 71.5 Å². The van der Waals surface area contributed by atoms with Gasteiger partial charge in [0.1, 0.15) is 11.6 Å². The first-order valence-electron chi connectivity index (χ1n) is 11.3. The van der Waals surface area contributed by atoms with Gasteiger partial charge in [-0.2, -0.15) is 0 Å². The van der Waals surface area contributed by atoms with Gasteiger partial charge in [-0.05, 0) is 42.2 Å². The summed E-state index contributed by atoms with van der Waals surface area (Å²) in [7, 11) is 0. The zero-order valence-corrected chi connectivity index (χ0v) is 18.1. The van der Waals surface area contributed by atoms with Crippen molar-refractivity contribution >= 4 is 11.0 Å². The van der Waals surface area contributed by atoms with Gasteiger partial charge in [0.15, 0.2) is 5.58 Å². The van der Waals surface area contributed by atoms with E-state index >= 15 is 0 Å². The van der Waals surface area contributed by atoms with Crippen LogP contribution in [0.4, 0.5) is 4.39 Å². The number of likely N-dealkylation sites (tertiary alicyclic amines) is 1. The lowest BCUT2D eigenvalue weighted by atomic mass is 9.83. The van der Waals surface area contributed by atoms with E-state index in [4.69, 9.17) is 4.52 Å². The average Bonchev–Trinajstić information content (AvgIpc) is 3.21. The minimum absolute atomic E-state index is 0.0714. The highest BCUT2D eigenvalue weighted by molar-refractivity contribution is 5.84. The molecule has 0 amide bonds. The van der Waals surface area contributed by atoms with E-state index in [2.05, 4.69) is 16.1 Å². The first kappa shape index (κ1) is 20.2. The van der Waals surface area contributed by atoms with Crippen LogP contribution in [-0.4, -0.2) is 32.8 Å². The van der Waals surface area contributed by atoms with Crippen LogP contribution in [0.1, 0.15) is 34.9 Å². The number of rotatable bonds is 4. The van der Waals surface area contributed by atoms with Crippen molar-refractivity contribution in [3.05, 3.63) is 93.3 Å². The highest BCUT2D eigenvalue weighted by Crippen LogP contribution is 2.37. The number of phenolic OH excluding ortho intramolecular Hbond substituents is 1. The van der Waals surface area contributed by atoms with Crippen molar-refractivity contribution in [3.8, 4) is 5.75 Å². The summed E-state index contributed by atoms with van der Waals surface area (Å²) in [6, 6.07) is 15.6. The van der Waals surface area contributed by atoms with Crippen LogP contribution in [-0.2, 0) is 19.5 Å². The molecule has 2 atom stereocenters. The van der Waals surface area contributed by atoms with Crippen LogP contribution in [0.3, 0.4) is 0 Å². The van der Waals surface area contributed by atoms with Gasteiger partial charge in [0.2, 0.25) is 0 Å². The summed E-state index contributed by atoms with van der Waals surface area (Å²) >= 11 is 0. The molecule has 1 N–H and O–H groups in total. The van der Waals surface area contributed by atoms with Crippen molar-refractivity contribution in [2.24, 2.45) is 5.92 Å². The Morgan fingerprint density at radius 2 is 1.94 bits per heavy atom. The number of halogens is 1. The van der Waals surface area contributed by atoms with Gasteiger partial charge in [-0.3, -0.25) is 9.69 Å². The lowest BCUT2D eigenvalue weighted by molar-refractivity contribution is 0.113. The number of nitrogens with zero attached hydrogens (tertiary/aromatic N) is 3. The fraction of sp³-hybridized carbons (Fsp3) is 0.308. The molecule has 0 saturated carbocycles. The van der Waals surface area contributed by atoms with Crippen molar-refractivity contribution in [2.45, 2.75) is 31.8 Å². The van der Waals surface area contributed by atoms with E-state index in [-0.39, 0.29) is 17.1 Å². The molecule has 4 heterocycles. The second kappa shape index (κ2) is 7.85. The molecule has 168 valence electrons. The third-order valence-electron chi connectivity index (χ3n) is 7.05. The molecule has 6 rings (SSSR count). The van der Waals surface area contributed by atoms with E-state index < -0.39 is 0 Å². The highest BCUT2D eigenvalue weighted by Gasteiger charge is 2.35. The van der Waals surface area contributed by atoms with Crippen LogP contribution in [0, 0.1) is 11.7 Å². The van der Waals surface area contributed by atoms with Crippen LogP contribution in [0.25, 0.3) is 11.0 Å². The predicted octanol–water partition coefficient (Wildman–Crippen LogP) is 4.04. The predicted molar refractivity (Wildman–Crippen MR) is 122 cm³/mol. The van der Waals surface area contributed by atoms with E-state index in [0.717, 1.165) is 37.1 Å². The van der Waals surface area contributed by atoms with E-state index in [9.17, 15) is 14.3 Å². The number of fused-ring (bicyclic) bond motifs is 5. The minimum atomic E-state index is -0.271. The molecule has 0 unspecified atom stereocenters. The van der Waals surface area contributed by atoms with Gasteiger partial charge < -0.3 is 14.2 Å². The standard InChI is InChI=1S/C26H24FN3O3/c27-21-5-2-1-4-17(21)11-22-19-8-9-24(31)20(26(19)33-28-22)15-29-12-16-10-18(14-29)23-6-3-7-25(32)30(23)13-16/h1-9,16,18,31H,10-15H2/t16-,18+/m1/s1. The van der Waals surface area contributed by atoms with Crippen LogP contribution >= 0.6 is 0 Å². The van der Waals surface area contributed by atoms with E-state index in [1.807, 2.05) is 10.6 Å². The number of pyridine rings is 1. The van der Waals surface area contributed by atoms with E-state index in [0.29, 0.717) is 47.2 Å². The monoisotopic (exact) mass is 445 g/mol.